The quantitative estimate of drug-likeness (QED) is 0.0190. The fourth-order valence-corrected chi connectivity index (χ4v) is 15.0. The van der Waals surface area contributed by atoms with Gasteiger partial charge in [-0.2, -0.15) is 0 Å². The summed E-state index contributed by atoms with van der Waals surface area (Å²) in [4.78, 5) is 223. The molecule has 2 aromatic heterocycles. The Morgan fingerprint density at radius 2 is 1.12 bits per heavy atom. The Balaban J connectivity index is 1.33. The second-order valence-electron chi connectivity index (χ2n) is 29.9. The number of carboxylic acid groups (broad SMARTS) is 3. The summed E-state index contributed by atoms with van der Waals surface area (Å²) in [5.74, 6) is -19.3. The van der Waals surface area contributed by atoms with E-state index < -0.39 is 228 Å². The van der Waals surface area contributed by atoms with Gasteiger partial charge in [0, 0.05) is 66.9 Å². The number of carboxylic acids is 3. The Morgan fingerprint density at radius 3 is 1.72 bits per heavy atom. The molecule has 1 fully saturated rings. The van der Waals surface area contributed by atoms with Crippen LogP contribution < -0.4 is 75.3 Å². The standard InChI is InChI=1S/C79H111N17O19S2/c1-9-43(7)65(77(112)91-59(79(114)115)33-47-36-83-52-22-15-14-20-50(47)52)96-78(113)66(44(8)10-2)95-73(108)58(35-63(100)101)89-69(104)54(30-41(3)4)86-72(107)57(34-48-37-82-40-84-48)88-74(109)60-38-116-117-39-61(92-68(103)53(27-28-62(98)99)85-67(102)51(81)21-16-17-29-80)75(110)94-64(42(5)6)76(111)90-56(32-46-23-25-49(97)26-24-46)70(105)87-55(71(106)93-60)31-45-18-12-11-13-19-45/h11-15,18-20,22-26,36-37,40-44,51,53-61,64-66,83,97H,9-10,16-17,21,27-35,38-39,80-81H2,1-8H3,(H,82,84)(H,85,102)(H,86,107)(H,87,105)(H,88,109)(H,89,104)(H,90,111)(H,91,112)(H,92,103)(H,93,106)(H,94,110)(H,95,108)(H,96,113)(H,98,99)(H,100,101)(H,114,115)/t43-,44-,51+,53-,54-,55-,56-,57-,58-,59-,60-,61-,64-,65-,66-/m0/s1. The number of carbonyl (C=O) groups excluding carboxylic acids is 12. The van der Waals surface area contributed by atoms with Gasteiger partial charge in [-0.3, -0.25) is 67.1 Å². The van der Waals surface area contributed by atoms with Gasteiger partial charge >= 0.3 is 17.9 Å². The van der Waals surface area contributed by atoms with Crippen LogP contribution in [0.2, 0.25) is 0 Å². The molecule has 1 saturated heterocycles. The van der Waals surface area contributed by atoms with Crippen molar-refractivity contribution in [3.8, 4) is 5.75 Å². The van der Waals surface area contributed by atoms with Gasteiger partial charge in [0.2, 0.25) is 70.9 Å². The first-order valence-electron chi connectivity index (χ1n) is 39.0. The van der Waals surface area contributed by atoms with E-state index in [0.29, 0.717) is 42.5 Å². The maximum absolute atomic E-state index is 15.3. The zero-order valence-electron chi connectivity index (χ0n) is 66.7. The molecule has 0 bridgehead atoms. The van der Waals surface area contributed by atoms with Crippen molar-refractivity contribution < 1.29 is 92.3 Å². The van der Waals surface area contributed by atoms with Crippen molar-refractivity contribution >= 4 is 121 Å². The number of unbranched alkanes of at least 4 members (excludes halogenated alkanes) is 1. The first kappa shape index (κ1) is 94.7. The number of nitrogens with two attached hydrogens (primary N) is 2. The van der Waals surface area contributed by atoms with Crippen molar-refractivity contribution in [3.05, 3.63) is 120 Å². The maximum Gasteiger partial charge on any atom is 0.326 e. The third-order valence-corrected chi connectivity index (χ3v) is 22.3. The minimum absolute atomic E-state index is 0.123. The van der Waals surface area contributed by atoms with Crippen molar-refractivity contribution in [1.82, 2.24) is 78.8 Å². The van der Waals surface area contributed by atoms with Crippen LogP contribution in [0.4, 0.5) is 0 Å². The molecule has 12 amide bonds. The number of hydrogen-bond acceptors (Lipinski definition) is 21. The van der Waals surface area contributed by atoms with E-state index in [4.69, 9.17) is 11.5 Å². The van der Waals surface area contributed by atoms with Gasteiger partial charge in [0.15, 0.2) is 0 Å². The number of amides is 12. The highest BCUT2D eigenvalue weighted by Gasteiger charge is 2.41. The molecular weight excluding hydrogens is 1560 g/mol. The maximum atomic E-state index is 15.3. The van der Waals surface area contributed by atoms with E-state index in [1.807, 2.05) is 6.07 Å². The first-order valence-corrected chi connectivity index (χ1v) is 41.4. The Hall–Kier alpha value is -11.1. The zero-order chi connectivity index (χ0) is 86.2. The van der Waals surface area contributed by atoms with E-state index >= 15 is 14.4 Å². The van der Waals surface area contributed by atoms with Crippen molar-refractivity contribution in [1.29, 1.82) is 0 Å². The second-order valence-corrected chi connectivity index (χ2v) is 32.4. The Bertz CT molecular complexity index is 4210. The molecule has 15 atom stereocenters. The number of phenolic OH excluding ortho intramolecular Hbond substituents is 1. The van der Waals surface area contributed by atoms with E-state index in [1.165, 1.54) is 36.8 Å². The van der Waals surface area contributed by atoms with Crippen LogP contribution in [0.1, 0.15) is 136 Å². The van der Waals surface area contributed by atoms with Gasteiger partial charge in [0.25, 0.3) is 0 Å². The topological polar surface area (TPSA) is 578 Å². The normalized spacial score (nSPS) is 18.9. The summed E-state index contributed by atoms with van der Waals surface area (Å²) >= 11 is 0. The molecule has 0 spiro atoms. The van der Waals surface area contributed by atoms with E-state index in [9.17, 15) is 78.0 Å². The van der Waals surface area contributed by atoms with Crippen LogP contribution in [0.25, 0.3) is 10.9 Å². The van der Waals surface area contributed by atoms with Crippen LogP contribution in [0.3, 0.4) is 0 Å². The average Bonchev–Trinajstić information content (AvgIpc) is 1.72. The molecule has 22 N–H and O–H groups in total. The molecule has 117 heavy (non-hydrogen) atoms. The van der Waals surface area contributed by atoms with Crippen LogP contribution in [0, 0.1) is 23.7 Å². The van der Waals surface area contributed by atoms with Gasteiger partial charge in [0.1, 0.15) is 78.3 Å². The van der Waals surface area contributed by atoms with E-state index in [2.05, 4.69) is 78.8 Å². The lowest BCUT2D eigenvalue weighted by atomic mass is 9.94. The van der Waals surface area contributed by atoms with Crippen molar-refractivity contribution in [2.24, 2.45) is 35.1 Å². The summed E-state index contributed by atoms with van der Waals surface area (Å²) in [5.41, 5.74) is 14.3. The predicted molar refractivity (Wildman–Crippen MR) is 435 cm³/mol. The minimum atomic E-state index is -1.94. The number of imidazole rings is 1. The van der Waals surface area contributed by atoms with Crippen molar-refractivity contribution in [2.75, 3.05) is 18.1 Å². The number of nitrogens with one attached hydrogen (secondary N) is 14. The number of phenols is 1. The number of carbonyl (C=O) groups is 15. The third-order valence-electron chi connectivity index (χ3n) is 19.8. The second kappa shape index (κ2) is 47.2. The first-order chi connectivity index (χ1) is 55.6. The van der Waals surface area contributed by atoms with Crippen molar-refractivity contribution in [2.45, 2.75) is 217 Å². The molecule has 1 aliphatic rings. The Morgan fingerprint density at radius 1 is 0.556 bits per heavy atom. The predicted octanol–water partition coefficient (Wildman–Crippen LogP) is 0.754. The summed E-state index contributed by atoms with van der Waals surface area (Å²) < 4.78 is 0. The summed E-state index contributed by atoms with van der Waals surface area (Å²) in [6, 6.07) is 1.19. The minimum Gasteiger partial charge on any atom is -0.508 e. The number of aromatic nitrogens is 3. The largest absolute Gasteiger partial charge is 0.508 e. The van der Waals surface area contributed by atoms with Crippen LogP contribution in [-0.4, -0.2) is 221 Å². The number of nitrogens with zero attached hydrogens (tertiary/aromatic N) is 1. The van der Waals surface area contributed by atoms with E-state index in [1.54, 1.807) is 110 Å². The number of benzene rings is 3. The molecule has 0 saturated carbocycles. The molecule has 5 aromatic rings. The number of H-pyrrole nitrogens is 2. The molecule has 638 valence electrons. The monoisotopic (exact) mass is 1670 g/mol. The lowest BCUT2D eigenvalue weighted by Gasteiger charge is -2.31. The number of aromatic amines is 2. The summed E-state index contributed by atoms with van der Waals surface area (Å²) in [5, 5.41) is 72.7. The van der Waals surface area contributed by atoms with Crippen LogP contribution in [-0.2, 0) is 97.6 Å². The van der Waals surface area contributed by atoms with Gasteiger partial charge < -0.3 is 106 Å². The van der Waals surface area contributed by atoms with Gasteiger partial charge in [-0.05, 0) is 90.8 Å². The highest BCUT2D eigenvalue weighted by atomic mass is 33.1. The lowest BCUT2D eigenvalue weighted by molar-refractivity contribution is -0.143. The van der Waals surface area contributed by atoms with Crippen molar-refractivity contribution in [3.63, 3.8) is 0 Å². The smallest absolute Gasteiger partial charge is 0.326 e. The van der Waals surface area contributed by atoms with Crippen LogP contribution in [0.15, 0.2) is 97.6 Å². The molecule has 3 heterocycles. The lowest BCUT2D eigenvalue weighted by Crippen LogP contribution is -2.62. The fourth-order valence-electron chi connectivity index (χ4n) is 12.7. The van der Waals surface area contributed by atoms with Gasteiger partial charge in [-0.1, -0.05) is 157 Å². The highest BCUT2D eigenvalue weighted by molar-refractivity contribution is 8.76. The summed E-state index contributed by atoms with van der Waals surface area (Å²) in [7, 11) is 1.74. The molecule has 1 aliphatic heterocycles. The summed E-state index contributed by atoms with van der Waals surface area (Å²) in [6.07, 6.45) is 2.67. The Kier molecular flexibility index (Phi) is 38.2. The molecule has 36 nitrogen and oxygen atoms in total. The van der Waals surface area contributed by atoms with Gasteiger partial charge in [-0.25, -0.2) is 9.78 Å². The average molecular weight is 1670 g/mol. The van der Waals surface area contributed by atoms with Crippen LogP contribution >= 0.6 is 21.6 Å². The molecule has 6 rings (SSSR count). The molecule has 38 heteroatoms. The molecule has 3 aromatic carbocycles. The number of aromatic hydroxyl groups is 1. The molecule has 0 aliphatic carbocycles. The SMILES string of the molecule is CC[C@H](C)[C@H](NC(=O)[C@H](CC(=O)O)NC(=O)[C@H](CC(C)C)NC(=O)[C@H](Cc1c[nH]cn1)NC(=O)[C@@H]1CSSC[C@H](NC(=O)[C@H](CCC(=O)O)NC(=O)[C@H](N)CCCCN)C(=O)N[C@@H](C(C)C)C(=O)N[C@@H](Cc2ccc(O)cc2)C(=O)N[C@@H](Cc2ccccc2)C(=O)N1)C(=O)N[C@H](C(=O)N[C@@H](Cc1c[nH]c2ccccc12)C(=O)O)[C@@H](C)CC. The number of rotatable bonds is 41. The summed E-state index contributed by atoms with van der Waals surface area (Å²) in [6.45, 7) is 13.6. The van der Waals surface area contributed by atoms with E-state index in [0.717, 1.165) is 32.5 Å². The van der Waals surface area contributed by atoms with Crippen LogP contribution in [0.5, 0.6) is 5.75 Å². The number of hydrogen-bond donors (Lipinski definition) is 20. The van der Waals surface area contributed by atoms with Gasteiger partial charge in [-0.15, -0.1) is 0 Å². The van der Waals surface area contributed by atoms with E-state index in [-0.39, 0.29) is 50.0 Å². The molecule has 0 unspecified atom stereocenters. The third kappa shape index (κ3) is 30.5. The molecular formula is C79H111N17O19S2. The zero-order valence-corrected chi connectivity index (χ0v) is 68.3. The van der Waals surface area contributed by atoms with Gasteiger partial charge in [0.05, 0.1) is 24.5 Å². The number of para-hydroxylation sites is 1. The molecule has 0 radical (unpaired) electrons. The highest BCUT2D eigenvalue weighted by Crippen LogP contribution is 2.26. The fraction of sp³-hybridized carbons (Fsp3) is 0.519. The Labute approximate surface area is 685 Å². The number of aliphatic carboxylic acids is 3. The number of fused-ring (bicyclic) bond motifs is 1.